The van der Waals surface area contributed by atoms with Crippen molar-refractivity contribution in [1.82, 2.24) is 19.9 Å². The zero-order valence-corrected chi connectivity index (χ0v) is 12.0. The minimum atomic E-state index is -0.457. The summed E-state index contributed by atoms with van der Waals surface area (Å²) >= 11 is 0. The third kappa shape index (κ3) is 2.49. The first-order chi connectivity index (χ1) is 10.0. The van der Waals surface area contributed by atoms with E-state index in [1.54, 1.807) is 23.7 Å². The van der Waals surface area contributed by atoms with Gasteiger partial charge in [-0.2, -0.15) is 5.10 Å². The minimum Gasteiger partial charge on any atom is -0.454 e. The van der Waals surface area contributed by atoms with Crippen molar-refractivity contribution in [3.8, 4) is 0 Å². The maximum Gasteiger partial charge on any atom is 0.340 e. The van der Waals surface area contributed by atoms with Crippen LogP contribution in [0, 0.1) is 13.8 Å². The Balaban J connectivity index is 1.79. The predicted octanol–water partition coefficient (Wildman–Crippen LogP) is 1.93. The molecule has 0 aliphatic rings. The van der Waals surface area contributed by atoms with Gasteiger partial charge < -0.3 is 9.26 Å². The predicted molar refractivity (Wildman–Crippen MR) is 73.6 cm³/mol. The molecule has 3 heterocycles. The van der Waals surface area contributed by atoms with E-state index in [0.29, 0.717) is 11.3 Å². The second kappa shape index (κ2) is 5.01. The van der Waals surface area contributed by atoms with Crippen LogP contribution in [-0.2, 0) is 18.4 Å². The van der Waals surface area contributed by atoms with Crippen LogP contribution in [0.3, 0.4) is 0 Å². The molecule has 0 aliphatic heterocycles. The number of carbonyl (C=O) groups excluding carboxylic acids is 1. The first kappa shape index (κ1) is 13.3. The number of hydrogen-bond donors (Lipinski definition) is 0. The van der Waals surface area contributed by atoms with Crippen molar-refractivity contribution in [3.05, 3.63) is 41.0 Å². The van der Waals surface area contributed by atoms with Gasteiger partial charge in [-0.3, -0.25) is 4.68 Å². The lowest BCUT2D eigenvalue weighted by Crippen LogP contribution is -2.05. The summed E-state index contributed by atoms with van der Waals surface area (Å²) in [6, 6.07) is 3.46. The Morgan fingerprint density at radius 3 is 2.90 bits per heavy atom. The molecule has 3 aromatic heterocycles. The lowest BCUT2D eigenvalue weighted by Gasteiger charge is -2.02. The molecule has 0 atom stereocenters. The molecule has 0 spiro atoms. The van der Waals surface area contributed by atoms with Gasteiger partial charge in [-0.05, 0) is 19.9 Å². The summed E-state index contributed by atoms with van der Waals surface area (Å²) in [6.07, 6.45) is 1.48. The van der Waals surface area contributed by atoms with Crippen molar-refractivity contribution < 1.29 is 14.1 Å². The zero-order valence-electron chi connectivity index (χ0n) is 12.0. The van der Waals surface area contributed by atoms with Gasteiger partial charge in [0.1, 0.15) is 0 Å². The van der Waals surface area contributed by atoms with E-state index in [4.69, 9.17) is 9.26 Å². The molecule has 0 saturated heterocycles. The van der Waals surface area contributed by atoms with Crippen LogP contribution >= 0.6 is 0 Å². The largest absolute Gasteiger partial charge is 0.454 e. The molecule has 0 aliphatic carbocycles. The molecule has 0 unspecified atom stereocenters. The summed E-state index contributed by atoms with van der Waals surface area (Å²) in [7, 11) is 1.81. The minimum absolute atomic E-state index is 0.0454. The molecule has 21 heavy (non-hydrogen) atoms. The fourth-order valence-corrected chi connectivity index (χ4v) is 2.12. The van der Waals surface area contributed by atoms with Gasteiger partial charge in [0.25, 0.3) is 0 Å². The van der Waals surface area contributed by atoms with Crippen molar-refractivity contribution in [2.75, 3.05) is 0 Å². The number of aromatic nitrogens is 4. The van der Waals surface area contributed by atoms with E-state index >= 15 is 0 Å². The van der Waals surface area contributed by atoms with Crippen molar-refractivity contribution in [1.29, 1.82) is 0 Å². The second-order valence-corrected chi connectivity index (χ2v) is 4.81. The highest BCUT2D eigenvalue weighted by atomic mass is 16.5. The summed E-state index contributed by atoms with van der Waals surface area (Å²) in [6.45, 7) is 3.72. The quantitative estimate of drug-likeness (QED) is 0.684. The summed E-state index contributed by atoms with van der Waals surface area (Å²) in [5.41, 5.74) is 2.68. The van der Waals surface area contributed by atoms with Crippen molar-refractivity contribution in [2.24, 2.45) is 7.05 Å². The number of pyridine rings is 1. The first-order valence-corrected chi connectivity index (χ1v) is 6.43. The maximum atomic E-state index is 12.0. The van der Waals surface area contributed by atoms with Crippen LogP contribution in [0.1, 0.15) is 27.5 Å². The van der Waals surface area contributed by atoms with E-state index < -0.39 is 5.97 Å². The number of fused-ring (bicyclic) bond motifs is 1. The number of rotatable bonds is 3. The van der Waals surface area contributed by atoms with Crippen LogP contribution in [0.25, 0.3) is 11.0 Å². The van der Waals surface area contributed by atoms with E-state index in [1.807, 2.05) is 14.0 Å². The molecule has 0 aromatic carbocycles. The van der Waals surface area contributed by atoms with E-state index in [0.717, 1.165) is 22.4 Å². The average Bonchev–Trinajstić information content (AvgIpc) is 3.00. The number of hydrogen-bond acceptors (Lipinski definition) is 6. The lowest BCUT2D eigenvalue weighted by molar-refractivity contribution is 0.0437. The van der Waals surface area contributed by atoms with Gasteiger partial charge in [0, 0.05) is 24.7 Å². The van der Waals surface area contributed by atoms with E-state index in [1.165, 1.54) is 6.20 Å². The molecule has 7 nitrogen and oxygen atoms in total. The molecule has 0 bridgehead atoms. The Labute approximate surface area is 120 Å². The lowest BCUT2D eigenvalue weighted by atomic mass is 10.2. The van der Waals surface area contributed by atoms with Gasteiger partial charge >= 0.3 is 5.97 Å². The normalized spacial score (nSPS) is 11.0. The number of aryl methyl sites for hydroxylation is 3. The topological polar surface area (TPSA) is 83.0 Å². The van der Waals surface area contributed by atoms with Crippen LogP contribution in [0.4, 0.5) is 0 Å². The fraction of sp³-hybridized carbons (Fsp3) is 0.286. The molecule has 0 saturated carbocycles. The molecular formula is C14H14N4O3. The summed E-state index contributed by atoms with van der Waals surface area (Å²) in [5.74, 6) is 0.0501. The number of carbonyl (C=O) groups is 1. The molecule has 3 rings (SSSR count). The molecule has 0 radical (unpaired) electrons. The second-order valence-electron chi connectivity index (χ2n) is 4.81. The van der Waals surface area contributed by atoms with Crippen LogP contribution < -0.4 is 0 Å². The molecule has 0 fully saturated rings. The average molecular weight is 286 g/mol. The van der Waals surface area contributed by atoms with E-state index in [9.17, 15) is 4.79 Å². The summed E-state index contributed by atoms with van der Waals surface area (Å²) < 4.78 is 11.8. The molecule has 0 amide bonds. The smallest absolute Gasteiger partial charge is 0.340 e. The third-order valence-corrected chi connectivity index (χ3v) is 3.12. The van der Waals surface area contributed by atoms with Crippen LogP contribution in [0.2, 0.25) is 0 Å². The van der Waals surface area contributed by atoms with Gasteiger partial charge in [0.2, 0.25) is 0 Å². The highest BCUT2D eigenvalue weighted by Gasteiger charge is 2.13. The first-order valence-electron chi connectivity index (χ1n) is 6.43. The Morgan fingerprint density at radius 2 is 2.19 bits per heavy atom. The van der Waals surface area contributed by atoms with Crippen LogP contribution in [0.5, 0.6) is 0 Å². The zero-order chi connectivity index (χ0) is 15.0. The standard InChI is InChI=1S/C14H14N4O3/c1-8-4-11(21-17-8)7-20-14(19)10-5-12-9(2)16-18(3)13(12)15-6-10/h4-6H,7H2,1-3H3. The molecule has 3 aromatic rings. The van der Waals surface area contributed by atoms with Gasteiger partial charge in [-0.1, -0.05) is 5.16 Å². The summed E-state index contributed by atoms with van der Waals surface area (Å²) in [5, 5.41) is 8.83. The van der Waals surface area contributed by atoms with Gasteiger partial charge in [0.15, 0.2) is 18.0 Å². The number of ether oxygens (including phenoxy) is 1. The monoisotopic (exact) mass is 286 g/mol. The molecule has 7 heteroatoms. The van der Waals surface area contributed by atoms with Gasteiger partial charge in [-0.15, -0.1) is 0 Å². The Bertz CT molecular complexity index is 819. The van der Waals surface area contributed by atoms with E-state index in [2.05, 4.69) is 15.2 Å². The highest BCUT2D eigenvalue weighted by Crippen LogP contribution is 2.17. The van der Waals surface area contributed by atoms with Crippen molar-refractivity contribution >= 4 is 17.0 Å². The Kier molecular flexibility index (Phi) is 3.17. The molecular weight excluding hydrogens is 272 g/mol. The van der Waals surface area contributed by atoms with Crippen molar-refractivity contribution in [2.45, 2.75) is 20.5 Å². The maximum absolute atomic E-state index is 12.0. The molecule has 108 valence electrons. The number of nitrogens with zero attached hydrogens (tertiary/aromatic N) is 4. The Hall–Kier alpha value is -2.70. The highest BCUT2D eigenvalue weighted by molar-refractivity contribution is 5.93. The van der Waals surface area contributed by atoms with E-state index in [-0.39, 0.29) is 6.61 Å². The fourth-order valence-electron chi connectivity index (χ4n) is 2.12. The van der Waals surface area contributed by atoms with Crippen LogP contribution in [0.15, 0.2) is 22.9 Å². The Morgan fingerprint density at radius 1 is 1.38 bits per heavy atom. The van der Waals surface area contributed by atoms with Gasteiger partial charge in [0.05, 0.1) is 17.0 Å². The third-order valence-electron chi connectivity index (χ3n) is 3.12. The number of esters is 1. The molecule has 0 N–H and O–H groups in total. The van der Waals surface area contributed by atoms with Gasteiger partial charge in [-0.25, -0.2) is 9.78 Å². The summed E-state index contributed by atoms with van der Waals surface area (Å²) in [4.78, 5) is 16.3. The van der Waals surface area contributed by atoms with Crippen molar-refractivity contribution in [3.63, 3.8) is 0 Å². The van der Waals surface area contributed by atoms with Crippen LogP contribution in [-0.4, -0.2) is 25.9 Å². The SMILES string of the molecule is Cc1cc(COC(=O)c2cnc3c(c2)c(C)nn3C)on1.